The van der Waals surface area contributed by atoms with E-state index in [1.165, 1.54) is 0 Å². The molecule has 0 bridgehead atoms. The summed E-state index contributed by atoms with van der Waals surface area (Å²) < 4.78 is 10.4. The number of hydrogen-bond acceptors (Lipinski definition) is 4. The quantitative estimate of drug-likeness (QED) is 0.755. The van der Waals surface area contributed by atoms with E-state index < -0.39 is 5.97 Å². The number of nitrogens with two attached hydrogens (primary N) is 1. The minimum Gasteiger partial charge on any atom is -0.497 e. The summed E-state index contributed by atoms with van der Waals surface area (Å²) in [6.07, 6.45) is -0.0326. The Morgan fingerprint density at radius 3 is 2.62 bits per heavy atom. The van der Waals surface area contributed by atoms with Crippen LogP contribution in [0.15, 0.2) is 18.2 Å². The van der Waals surface area contributed by atoms with Gasteiger partial charge in [-0.25, -0.2) is 0 Å². The van der Waals surface area contributed by atoms with Gasteiger partial charge in [0.25, 0.3) is 0 Å². The van der Waals surface area contributed by atoms with Crippen molar-refractivity contribution in [2.45, 2.75) is 13.0 Å². The minimum atomic E-state index is -0.887. The molecule has 0 saturated carbocycles. The molecular weight excluding hydrogens is 210 g/mol. The molecule has 16 heavy (non-hydrogen) atoms. The Morgan fingerprint density at radius 1 is 1.38 bits per heavy atom. The first-order valence-electron chi connectivity index (χ1n) is 4.88. The Kier molecular flexibility index (Phi) is 4.60. The molecule has 0 aliphatic heterocycles. The maximum absolute atomic E-state index is 10.3. The zero-order chi connectivity index (χ0) is 12.0. The van der Waals surface area contributed by atoms with Crippen molar-refractivity contribution in [2.24, 2.45) is 5.73 Å². The predicted molar refractivity (Wildman–Crippen MR) is 58.6 cm³/mol. The number of aliphatic carboxylic acids is 1. The highest BCUT2D eigenvalue weighted by molar-refractivity contribution is 5.66. The molecule has 1 aromatic carbocycles. The second-order valence-corrected chi connectivity index (χ2v) is 3.21. The summed E-state index contributed by atoms with van der Waals surface area (Å²) >= 11 is 0. The van der Waals surface area contributed by atoms with Crippen molar-refractivity contribution in [3.8, 4) is 11.5 Å². The summed E-state index contributed by atoms with van der Waals surface area (Å²) in [7, 11) is 1.55. The van der Waals surface area contributed by atoms with Gasteiger partial charge in [-0.1, -0.05) is 0 Å². The number of ether oxygens (including phenoxy) is 2. The van der Waals surface area contributed by atoms with Gasteiger partial charge in [0, 0.05) is 12.6 Å². The van der Waals surface area contributed by atoms with E-state index in [9.17, 15) is 4.79 Å². The van der Waals surface area contributed by atoms with Gasteiger partial charge in [0.05, 0.1) is 20.1 Å². The molecule has 5 nitrogen and oxygen atoms in total. The van der Waals surface area contributed by atoms with Crippen LogP contribution in [-0.2, 0) is 11.3 Å². The van der Waals surface area contributed by atoms with E-state index in [0.717, 1.165) is 5.56 Å². The molecule has 0 saturated heterocycles. The lowest BCUT2D eigenvalue weighted by molar-refractivity contribution is -0.137. The first-order valence-corrected chi connectivity index (χ1v) is 4.88. The highest BCUT2D eigenvalue weighted by Crippen LogP contribution is 2.22. The lowest BCUT2D eigenvalue weighted by Gasteiger charge is -2.09. The van der Waals surface area contributed by atoms with Gasteiger partial charge in [0.1, 0.15) is 11.5 Å². The van der Waals surface area contributed by atoms with E-state index in [-0.39, 0.29) is 13.0 Å². The number of hydrogen-bond donors (Lipinski definition) is 2. The number of methoxy groups -OCH3 is 1. The largest absolute Gasteiger partial charge is 0.497 e. The van der Waals surface area contributed by atoms with E-state index >= 15 is 0 Å². The van der Waals surface area contributed by atoms with E-state index in [2.05, 4.69) is 0 Å². The highest BCUT2D eigenvalue weighted by atomic mass is 16.5. The van der Waals surface area contributed by atoms with Crippen LogP contribution in [0.25, 0.3) is 0 Å². The standard InChI is InChI=1S/C11H15NO4/c1-15-9-4-8(7-12)5-10(6-9)16-3-2-11(13)14/h4-6H,2-3,7,12H2,1H3,(H,13,14). The number of carbonyl (C=O) groups is 1. The number of carboxylic acid groups (broad SMARTS) is 1. The van der Waals surface area contributed by atoms with Crippen LogP contribution in [0.2, 0.25) is 0 Å². The summed E-state index contributed by atoms with van der Waals surface area (Å²) in [6.45, 7) is 0.513. The third kappa shape index (κ3) is 3.78. The van der Waals surface area contributed by atoms with Crippen LogP contribution in [0, 0.1) is 0 Å². The Balaban J connectivity index is 2.67. The molecule has 1 rings (SSSR count). The molecule has 0 fully saturated rings. The fourth-order valence-electron chi connectivity index (χ4n) is 1.21. The van der Waals surface area contributed by atoms with Crippen LogP contribution in [0.4, 0.5) is 0 Å². The molecule has 0 aromatic heterocycles. The molecule has 0 unspecified atom stereocenters. The molecule has 0 aliphatic rings. The first kappa shape index (κ1) is 12.3. The van der Waals surface area contributed by atoms with E-state index in [1.807, 2.05) is 6.07 Å². The Morgan fingerprint density at radius 2 is 2.06 bits per heavy atom. The lowest BCUT2D eigenvalue weighted by atomic mass is 10.2. The topological polar surface area (TPSA) is 81.8 Å². The zero-order valence-corrected chi connectivity index (χ0v) is 9.10. The normalized spacial score (nSPS) is 9.88. The maximum atomic E-state index is 10.3. The molecule has 0 amide bonds. The molecule has 0 spiro atoms. The summed E-state index contributed by atoms with van der Waals surface area (Å²) in [5.41, 5.74) is 6.39. The predicted octanol–water partition coefficient (Wildman–Crippen LogP) is 1.01. The fourth-order valence-corrected chi connectivity index (χ4v) is 1.21. The second-order valence-electron chi connectivity index (χ2n) is 3.21. The SMILES string of the molecule is COc1cc(CN)cc(OCCC(=O)O)c1. The van der Waals surface area contributed by atoms with Gasteiger partial charge in [-0.2, -0.15) is 0 Å². The molecule has 0 heterocycles. The van der Waals surface area contributed by atoms with Crippen molar-refractivity contribution in [1.29, 1.82) is 0 Å². The third-order valence-corrected chi connectivity index (χ3v) is 2.00. The molecular formula is C11H15NO4. The van der Waals surface area contributed by atoms with Gasteiger partial charge in [0.2, 0.25) is 0 Å². The fraction of sp³-hybridized carbons (Fsp3) is 0.364. The third-order valence-electron chi connectivity index (χ3n) is 2.00. The number of carboxylic acids is 1. The van der Waals surface area contributed by atoms with Crippen molar-refractivity contribution >= 4 is 5.97 Å². The minimum absolute atomic E-state index is 0.0326. The maximum Gasteiger partial charge on any atom is 0.306 e. The van der Waals surface area contributed by atoms with Crippen molar-refractivity contribution in [3.05, 3.63) is 23.8 Å². The van der Waals surface area contributed by atoms with E-state index in [4.69, 9.17) is 20.3 Å². The Hall–Kier alpha value is -1.75. The monoisotopic (exact) mass is 225 g/mol. The average Bonchev–Trinajstić information content (AvgIpc) is 2.28. The zero-order valence-electron chi connectivity index (χ0n) is 9.10. The summed E-state index contributed by atoms with van der Waals surface area (Å²) in [6, 6.07) is 5.27. The molecule has 1 aromatic rings. The van der Waals surface area contributed by atoms with Crippen LogP contribution < -0.4 is 15.2 Å². The van der Waals surface area contributed by atoms with Gasteiger partial charge in [-0.3, -0.25) is 4.79 Å². The van der Waals surface area contributed by atoms with Crippen molar-refractivity contribution in [3.63, 3.8) is 0 Å². The number of benzene rings is 1. The Labute approximate surface area is 93.8 Å². The Bertz CT molecular complexity index is 343. The van der Waals surface area contributed by atoms with Crippen LogP contribution in [0.5, 0.6) is 11.5 Å². The van der Waals surface area contributed by atoms with Crippen LogP contribution >= 0.6 is 0 Å². The van der Waals surface area contributed by atoms with Crippen LogP contribution in [0.3, 0.4) is 0 Å². The van der Waals surface area contributed by atoms with Gasteiger partial charge < -0.3 is 20.3 Å². The molecule has 0 aliphatic carbocycles. The van der Waals surface area contributed by atoms with Crippen LogP contribution in [0.1, 0.15) is 12.0 Å². The smallest absolute Gasteiger partial charge is 0.306 e. The average molecular weight is 225 g/mol. The van der Waals surface area contributed by atoms with E-state index in [1.54, 1.807) is 19.2 Å². The molecule has 0 atom stereocenters. The number of rotatable bonds is 6. The summed E-state index contributed by atoms with van der Waals surface area (Å²) in [4.78, 5) is 10.3. The second kappa shape index (κ2) is 5.97. The van der Waals surface area contributed by atoms with Crippen molar-refractivity contribution < 1.29 is 19.4 Å². The highest BCUT2D eigenvalue weighted by Gasteiger charge is 2.03. The van der Waals surface area contributed by atoms with E-state index in [0.29, 0.717) is 18.0 Å². The van der Waals surface area contributed by atoms with Gasteiger partial charge in [-0.15, -0.1) is 0 Å². The first-order chi connectivity index (χ1) is 7.65. The summed E-state index contributed by atoms with van der Waals surface area (Å²) in [5, 5.41) is 8.47. The lowest BCUT2D eigenvalue weighted by Crippen LogP contribution is -2.05. The van der Waals surface area contributed by atoms with Crippen molar-refractivity contribution in [1.82, 2.24) is 0 Å². The molecule has 0 radical (unpaired) electrons. The van der Waals surface area contributed by atoms with Crippen molar-refractivity contribution in [2.75, 3.05) is 13.7 Å². The van der Waals surface area contributed by atoms with Gasteiger partial charge in [0.15, 0.2) is 0 Å². The summed E-state index contributed by atoms with van der Waals surface area (Å²) in [5.74, 6) is 0.330. The van der Waals surface area contributed by atoms with Gasteiger partial charge in [-0.05, 0) is 17.7 Å². The van der Waals surface area contributed by atoms with Gasteiger partial charge >= 0.3 is 5.97 Å². The van der Waals surface area contributed by atoms with Crippen LogP contribution in [-0.4, -0.2) is 24.8 Å². The molecule has 3 N–H and O–H groups in total. The molecule has 88 valence electrons. The molecule has 5 heteroatoms.